The minimum Gasteiger partial charge on any atom is -0.396 e. The lowest BCUT2D eigenvalue weighted by Crippen LogP contribution is -2.33. The fraction of sp³-hybridized carbons (Fsp3) is 0.714. The SMILES string of the molecule is C=C1C[C@@H](CO)[C@@H]1CO. The predicted molar refractivity (Wildman–Crippen MR) is 34.9 cm³/mol. The molecule has 2 nitrogen and oxygen atoms in total. The molecule has 0 aromatic carbocycles. The van der Waals surface area contributed by atoms with Gasteiger partial charge in [-0.3, -0.25) is 0 Å². The largest absolute Gasteiger partial charge is 0.396 e. The third kappa shape index (κ3) is 1.00. The molecule has 2 atom stereocenters. The maximum Gasteiger partial charge on any atom is 0.0500 e. The van der Waals surface area contributed by atoms with E-state index in [4.69, 9.17) is 10.2 Å². The van der Waals surface area contributed by atoms with E-state index in [2.05, 4.69) is 6.58 Å². The molecule has 2 N–H and O–H groups in total. The van der Waals surface area contributed by atoms with Gasteiger partial charge in [0.15, 0.2) is 0 Å². The van der Waals surface area contributed by atoms with Crippen LogP contribution in [0.1, 0.15) is 6.42 Å². The Bertz CT molecular complexity index is 120. The lowest BCUT2D eigenvalue weighted by Gasteiger charge is -2.36. The molecule has 1 rings (SSSR count). The molecule has 0 spiro atoms. The van der Waals surface area contributed by atoms with Gasteiger partial charge in [0.1, 0.15) is 0 Å². The average molecular weight is 128 g/mol. The molecule has 0 radical (unpaired) electrons. The highest BCUT2D eigenvalue weighted by atomic mass is 16.3. The lowest BCUT2D eigenvalue weighted by atomic mass is 9.71. The van der Waals surface area contributed by atoms with Gasteiger partial charge >= 0.3 is 0 Å². The zero-order chi connectivity index (χ0) is 6.85. The number of rotatable bonds is 2. The van der Waals surface area contributed by atoms with Gasteiger partial charge in [0.05, 0.1) is 0 Å². The Morgan fingerprint density at radius 3 is 2.33 bits per heavy atom. The smallest absolute Gasteiger partial charge is 0.0500 e. The van der Waals surface area contributed by atoms with Crippen molar-refractivity contribution in [3.05, 3.63) is 12.2 Å². The molecule has 0 bridgehead atoms. The fourth-order valence-electron chi connectivity index (χ4n) is 1.27. The third-order valence-electron chi connectivity index (χ3n) is 2.05. The third-order valence-corrected chi connectivity index (χ3v) is 2.05. The summed E-state index contributed by atoms with van der Waals surface area (Å²) >= 11 is 0. The number of hydrogen-bond acceptors (Lipinski definition) is 2. The van der Waals surface area contributed by atoms with Gasteiger partial charge in [0, 0.05) is 19.1 Å². The van der Waals surface area contributed by atoms with Crippen LogP contribution in [-0.4, -0.2) is 23.4 Å². The van der Waals surface area contributed by atoms with Crippen LogP contribution in [0.3, 0.4) is 0 Å². The van der Waals surface area contributed by atoms with Gasteiger partial charge in [-0.15, -0.1) is 0 Å². The molecule has 0 aromatic heterocycles. The Hall–Kier alpha value is -0.340. The van der Waals surface area contributed by atoms with Crippen molar-refractivity contribution in [1.29, 1.82) is 0 Å². The predicted octanol–water partition coefficient (Wildman–Crippen LogP) is 0.163. The Balaban J connectivity index is 2.38. The highest BCUT2D eigenvalue weighted by Gasteiger charge is 2.32. The topological polar surface area (TPSA) is 40.5 Å². The highest BCUT2D eigenvalue weighted by Crippen LogP contribution is 2.37. The molecule has 2 heteroatoms. The van der Waals surface area contributed by atoms with Gasteiger partial charge in [-0.25, -0.2) is 0 Å². The van der Waals surface area contributed by atoms with Crippen LogP contribution < -0.4 is 0 Å². The van der Waals surface area contributed by atoms with Crippen LogP contribution in [0.5, 0.6) is 0 Å². The Kier molecular flexibility index (Phi) is 1.88. The summed E-state index contributed by atoms with van der Waals surface area (Å²) in [5, 5.41) is 17.3. The summed E-state index contributed by atoms with van der Waals surface area (Å²) in [6.45, 7) is 4.07. The van der Waals surface area contributed by atoms with Crippen LogP contribution in [0.15, 0.2) is 12.2 Å². The summed E-state index contributed by atoms with van der Waals surface area (Å²) in [6.07, 6.45) is 0.891. The van der Waals surface area contributed by atoms with E-state index < -0.39 is 0 Å². The summed E-state index contributed by atoms with van der Waals surface area (Å²) in [7, 11) is 0. The standard InChI is InChI=1S/C7H12O2/c1-5-2-6(3-8)7(5)4-9/h6-9H,1-4H2/t6-,7+/m0/s1. The van der Waals surface area contributed by atoms with Crippen molar-refractivity contribution in [3.63, 3.8) is 0 Å². The van der Waals surface area contributed by atoms with Crippen LogP contribution >= 0.6 is 0 Å². The Morgan fingerprint density at radius 1 is 1.44 bits per heavy atom. The first-order chi connectivity index (χ1) is 4.29. The van der Waals surface area contributed by atoms with Gasteiger partial charge in [-0.05, 0) is 12.3 Å². The molecule has 0 saturated heterocycles. The van der Waals surface area contributed by atoms with Crippen molar-refractivity contribution >= 4 is 0 Å². The van der Waals surface area contributed by atoms with Crippen LogP contribution in [0.4, 0.5) is 0 Å². The first kappa shape index (κ1) is 6.78. The maximum absolute atomic E-state index is 8.69. The van der Waals surface area contributed by atoms with E-state index >= 15 is 0 Å². The van der Waals surface area contributed by atoms with E-state index in [1.807, 2.05) is 0 Å². The molecule has 9 heavy (non-hydrogen) atoms. The Morgan fingerprint density at radius 2 is 2.11 bits per heavy atom. The molecule has 1 aliphatic carbocycles. The molecule has 52 valence electrons. The van der Waals surface area contributed by atoms with Gasteiger partial charge in [-0.1, -0.05) is 12.2 Å². The number of aliphatic hydroxyl groups is 2. The van der Waals surface area contributed by atoms with Gasteiger partial charge < -0.3 is 10.2 Å². The second-order valence-electron chi connectivity index (χ2n) is 2.59. The molecule has 0 aromatic rings. The van der Waals surface area contributed by atoms with Crippen molar-refractivity contribution in [1.82, 2.24) is 0 Å². The second-order valence-corrected chi connectivity index (χ2v) is 2.59. The van der Waals surface area contributed by atoms with Crippen LogP contribution in [0.25, 0.3) is 0 Å². The molecule has 0 unspecified atom stereocenters. The van der Waals surface area contributed by atoms with Crippen LogP contribution in [0.2, 0.25) is 0 Å². The van der Waals surface area contributed by atoms with Crippen molar-refractivity contribution in [3.8, 4) is 0 Å². The van der Waals surface area contributed by atoms with Gasteiger partial charge in [-0.2, -0.15) is 0 Å². The minimum absolute atomic E-state index is 0.143. The summed E-state index contributed by atoms with van der Waals surface area (Å²) in [6, 6.07) is 0. The molecule has 1 saturated carbocycles. The number of hydrogen-bond donors (Lipinski definition) is 2. The monoisotopic (exact) mass is 128 g/mol. The fourth-order valence-corrected chi connectivity index (χ4v) is 1.27. The minimum atomic E-state index is 0.143. The summed E-state index contributed by atoms with van der Waals surface area (Å²) < 4.78 is 0. The first-order valence-corrected chi connectivity index (χ1v) is 3.19. The molecule has 0 aliphatic heterocycles. The van der Waals surface area contributed by atoms with Gasteiger partial charge in [0.25, 0.3) is 0 Å². The quantitative estimate of drug-likeness (QED) is 0.520. The molecule has 1 fully saturated rings. The second kappa shape index (κ2) is 2.50. The van der Waals surface area contributed by atoms with E-state index in [1.165, 1.54) is 0 Å². The summed E-state index contributed by atoms with van der Waals surface area (Å²) in [5.41, 5.74) is 1.08. The molecule has 1 aliphatic rings. The van der Waals surface area contributed by atoms with E-state index in [-0.39, 0.29) is 25.0 Å². The zero-order valence-electron chi connectivity index (χ0n) is 5.38. The maximum atomic E-state index is 8.69. The van der Waals surface area contributed by atoms with E-state index in [9.17, 15) is 0 Å². The molecule has 0 amide bonds. The number of aliphatic hydroxyl groups excluding tert-OH is 2. The molecular weight excluding hydrogens is 116 g/mol. The first-order valence-electron chi connectivity index (χ1n) is 3.19. The molecular formula is C7H12O2. The van der Waals surface area contributed by atoms with E-state index in [0.717, 1.165) is 12.0 Å². The van der Waals surface area contributed by atoms with Crippen LogP contribution in [0, 0.1) is 11.8 Å². The van der Waals surface area contributed by atoms with E-state index in [0.29, 0.717) is 0 Å². The molecule has 0 heterocycles. The van der Waals surface area contributed by atoms with E-state index in [1.54, 1.807) is 0 Å². The Labute approximate surface area is 54.8 Å². The summed E-state index contributed by atoms with van der Waals surface area (Å²) in [5.74, 6) is 0.456. The van der Waals surface area contributed by atoms with Crippen molar-refractivity contribution in [2.75, 3.05) is 13.2 Å². The average Bonchev–Trinajstić information content (AvgIpc) is 1.83. The summed E-state index contributed by atoms with van der Waals surface area (Å²) in [4.78, 5) is 0. The lowest BCUT2D eigenvalue weighted by molar-refractivity contribution is 0.0960. The van der Waals surface area contributed by atoms with Gasteiger partial charge in [0.2, 0.25) is 0 Å². The van der Waals surface area contributed by atoms with Crippen molar-refractivity contribution < 1.29 is 10.2 Å². The normalized spacial score (nSPS) is 34.2. The van der Waals surface area contributed by atoms with Crippen molar-refractivity contribution in [2.24, 2.45) is 11.8 Å². The zero-order valence-corrected chi connectivity index (χ0v) is 5.38. The highest BCUT2D eigenvalue weighted by molar-refractivity contribution is 5.14. The van der Waals surface area contributed by atoms with Crippen LogP contribution in [-0.2, 0) is 0 Å². The van der Waals surface area contributed by atoms with Crippen molar-refractivity contribution in [2.45, 2.75) is 6.42 Å².